The van der Waals surface area contributed by atoms with Gasteiger partial charge in [0.15, 0.2) is 0 Å². The molecule has 1 aromatic heterocycles. The zero-order chi connectivity index (χ0) is 57.3. The highest BCUT2D eigenvalue weighted by molar-refractivity contribution is 6.14. The smallest absolute Gasteiger partial charge is 0.408 e. The van der Waals surface area contributed by atoms with Crippen LogP contribution in [0.15, 0.2) is 103 Å². The lowest BCUT2D eigenvalue weighted by Gasteiger charge is -2.41. The van der Waals surface area contributed by atoms with Crippen LogP contribution in [0, 0.1) is 17.0 Å². The highest BCUT2D eigenvalue weighted by Gasteiger charge is 2.39. The van der Waals surface area contributed by atoms with Gasteiger partial charge in [0.05, 0.1) is 12.5 Å². The molecule has 0 saturated heterocycles. The number of ether oxygens (including phenoxy) is 1. The molecule has 0 aliphatic carbocycles. The van der Waals surface area contributed by atoms with Gasteiger partial charge in [-0.15, -0.1) is 0 Å². The summed E-state index contributed by atoms with van der Waals surface area (Å²) in [5.74, 6) is -9.29. The van der Waals surface area contributed by atoms with Crippen LogP contribution in [0.3, 0.4) is 0 Å². The van der Waals surface area contributed by atoms with Crippen LogP contribution in [0.1, 0.15) is 70.3 Å². The van der Waals surface area contributed by atoms with Gasteiger partial charge < -0.3 is 56.9 Å². The van der Waals surface area contributed by atoms with Crippen molar-refractivity contribution in [2.75, 3.05) is 32.8 Å². The first-order chi connectivity index (χ1) is 36.9. The van der Waals surface area contributed by atoms with Gasteiger partial charge in [-0.3, -0.25) is 48.1 Å². The number of imide groups is 1. The Hall–Kier alpha value is -8.80. The monoisotopic (exact) mass is 1080 g/mol. The summed E-state index contributed by atoms with van der Waals surface area (Å²) in [6, 6.07) is 15.5. The van der Waals surface area contributed by atoms with Crippen molar-refractivity contribution in [2.24, 2.45) is 11.1 Å². The molecule has 0 radical (unpaired) electrons. The number of amides is 10. The van der Waals surface area contributed by atoms with Crippen LogP contribution < -0.4 is 37.6 Å². The number of hydrogen-bond acceptors (Lipinski definition) is 12. The van der Waals surface area contributed by atoms with Crippen molar-refractivity contribution in [1.29, 1.82) is 0 Å². The summed E-state index contributed by atoms with van der Waals surface area (Å²) in [7, 11) is 0. The second kappa shape index (κ2) is 27.8. The Morgan fingerprint density at radius 1 is 0.731 bits per heavy atom. The van der Waals surface area contributed by atoms with Crippen LogP contribution in [0.25, 0.3) is 11.1 Å². The Labute approximate surface area is 448 Å². The number of aliphatic hydroxyl groups excluding tert-OH is 1. The fourth-order valence-corrected chi connectivity index (χ4v) is 8.33. The van der Waals surface area contributed by atoms with Gasteiger partial charge in [-0.2, -0.15) is 0 Å². The molecular weight excluding hydrogens is 1020 g/mol. The maximum atomic E-state index is 15.4. The molecule has 416 valence electrons. The van der Waals surface area contributed by atoms with Crippen molar-refractivity contribution in [1.82, 2.24) is 46.3 Å². The Kier molecular flexibility index (Phi) is 21.4. The molecule has 10 amide bonds. The minimum absolute atomic E-state index is 0.0703. The predicted octanol–water partition coefficient (Wildman–Crippen LogP) is 1.60. The van der Waals surface area contributed by atoms with Gasteiger partial charge in [-0.05, 0) is 61.1 Å². The third-order valence-corrected chi connectivity index (χ3v) is 12.2. The van der Waals surface area contributed by atoms with Gasteiger partial charge in [0, 0.05) is 61.3 Å². The molecule has 5 rings (SSSR count). The second-order valence-electron chi connectivity index (χ2n) is 19.4. The predicted molar refractivity (Wildman–Crippen MR) is 277 cm³/mol. The summed E-state index contributed by atoms with van der Waals surface area (Å²) in [4.78, 5) is 132. The lowest BCUT2D eigenvalue weighted by atomic mass is 9.82. The van der Waals surface area contributed by atoms with Gasteiger partial charge in [-0.25, -0.2) is 13.6 Å². The minimum atomic E-state index is -1.77. The molecule has 22 nitrogen and oxygen atoms in total. The summed E-state index contributed by atoms with van der Waals surface area (Å²) in [5, 5.41) is 25.1. The van der Waals surface area contributed by atoms with Gasteiger partial charge in [-0.1, -0.05) is 81.4 Å². The van der Waals surface area contributed by atoms with Crippen molar-refractivity contribution < 1.29 is 66.6 Å². The van der Waals surface area contributed by atoms with Crippen molar-refractivity contribution in [3.63, 3.8) is 0 Å². The first kappa shape index (κ1) is 60.1. The van der Waals surface area contributed by atoms with Crippen LogP contribution >= 0.6 is 0 Å². The normalized spacial score (nSPS) is 14.0. The molecule has 5 atom stereocenters. The van der Waals surface area contributed by atoms with Crippen LogP contribution in [0.5, 0.6) is 0 Å². The van der Waals surface area contributed by atoms with E-state index in [1.165, 1.54) is 18.7 Å². The number of nitrogens with two attached hydrogens (primary N) is 1. The summed E-state index contributed by atoms with van der Waals surface area (Å²) in [6.45, 7) is 5.52. The van der Waals surface area contributed by atoms with Crippen LogP contribution in [-0.2, 0) is 61.0 Å². The molecule has 4 aromatic rings. The van der Waals surface area contributed by atoms with E-state index in [9.17, 15) is 57.4 Å². The van der Waals surface area contributed by atoms with Crippen molar-refractivity contribution >= 4 is 59.3 Å². The number of nitrogens with one attached hydrogen (secondary N) is 6. The number of nitrogens with zero attached hydrogens (tertiary/aromatic N) is 3. The molecule has 24 heteroatoms. The van der Waals surface area contributed by atoms with E-state index in [0.717, 1.165) is 35.9 Å². The van der Waals surface area contributed by atoms with E-state index in [4.69, 9.17) is 10.5 Å². The maximum Gasteiger partial charge on any atom is 0.408 e. The summed E-state index contributed by atoms with van der Waals surface area (Å²) < 4.78 is 36.9. The second-order valence-corrected chi connectivity index (χ2v) is 19.4. The molecule has 0 unspecified atom stereocenters. The quantitative estimate of drug-likeness (QED) is 0.0329. The van der Waals surface area contributed by atoms with Gasteiger partial charge in [0.2, 0.25) is 41.4 Å². The molecule has 1 aliphatic rings. The Bertz CT molecular complexity index is 2860. The summed E-state index contributed by atoms with van der Waals surface area (Å²) in [5.41, 5.74) is 6.70. The van der Waals surface area contributed by atoms with E-state index in [0.29, 0.717) is 16.2 Å². The number of halogens is 2. The first-order valence-corrected chi connectivity index (χ1v) is 24.8. The van der Waals surface area contributed by atoms with Crippen LogP contribution in [0.2, 0.25) is 0 Å². The topological polar surface area (TPSA) is 310 Å². The Morgan fingerprint density at radius 3 is 1.94 bits per heavy atom. The average Bonchev–Trinajstić information content (AvgIpc) is 3.96. The number of aliphatic hydroxyl groups is 1. The van der Waals surface area contributed by atoms with E-state index in [1.54, 1.807) is 67.9 Å². The number of aromatic nitrogens is 1. The molecule has 9 N–H and O–H groups in total. The Morgan fingerprint density at radius 2 is 1.32 bits per heavy atom. The average molecular weight is 1080 g/mol. The largest absolute Gasteiger partial charge is 0.445 e. The highest BCUT2D eigenvalue weighted by Crippen LogP contribution is 2.41. The zero-order valence-corrected chi connectivity index (χ0v) is 43.7. The number of carbonyl (C=O) groups is 10. The fraction of sp³-hybridized carbons (Fsp3) is 0.370. The van der Waals surface area contributed by atoms with Crippen LogP contribution in [0.4, 0.5) is 13.6 Å². The van der Waals surface area contributed by atoms with E-state index in [-0.39, 0.29) is 43.9 Å². The van der Waals surface area contributed by atoms with Gasteiger partial charge >= 0.3 is 6.09 Å². The molecule has 78 heavy (non-hydrogen) atoms. The lowest BCUT2D eigenvalue weighted by Crippen LogP contribution is -2.58. The number of carbonyl (C=O) groups excluding carboxylic acids is 10. The van der Waals surface area contributed by atoms with Crippen molar-refractivity contribution in [3.05, 3.63) is 132 Å². The summed E-state index contributed by atoms with van der Waals surface area (Å²) in [6.07, 6.45) is 1.47. The Balaban J connectivity index is 1.39. The molecule has 0 saturated carbocycles. The molecule has 0 spiro atoms. The molecule has 0 bridgehead atoms. The standard InChI is InChI=1S/C54H64F2N10O12/c1-32(60-49(73)33(2)61-53(77)78-31-35-14-10-7-11-15-35)50(74)63-41(26-43(57)68)52(76)62-40(51(75)59-22-21-58-44(69)29-66-45(70)18-19-46(66)71)20-23-65(47(72)30-67)48(54(3,4)5)42-24-36(38-25-37(55)16-17-39(38)56)28-64(42)27-34-12-8-6-9-13-34/h6-19,24-25,28,32-33,40-41,48,67H,20-23,26-27,29-31H2,1-5H3,(H2,57,68)(H,58,69)(H,59,75)(H,60,73)(H,61,77)(H,62,76)(H,63,74)/t32-,33+,40+,41+,48+/m1/s1. The van der Waals surface area contributed by atoms with E-state index < -0.39 is 133 Å². The van der Waals surface area contributed by atoms with E-state index in [2.05, 4.69) is 31.9 Å². The van der Waals surface area contributed by atoms with Crippen LogP contribution in [-0.4, -0.2) is 136 Å². The highest BCUT2D eigenvalue weighted by atomic mass is 19.1. The third-order valence-electron chi connectivity index (χ3n) is 12.2. The fourth-order valence-electron chi connectivity index (χ4n) is 8.33. The van der Waals surface area contributed by atoms with E-state index >= 15 is 4.39 Å². The van der Waals surface area contributed by atoms with Gasteiger partial charge in [0.25, 0.3) is 11.8 Å². The van der Waals surface area contributed by atoms with E-state index in [1.807, 2.05) is 30.3 Å². The third kappa shape index (κ3) is 17.4. The first-order valence-electron chi connectivity index (χ1n) is 24.8. The van der Waals surface area contributed by atoms with Gasteiger partial charge in [0.1, 0.15) is 55.6 Å². The maximum absolute atomic E-state index is 15.4. The number of rotatable bonds is 26. The number of alkyl carbamates (subject to hydrolysis) is 1. The number of benzene rings is 3. The van der Waals surface area contributed by atoms with Crippen molar-refractivity contribution in [2.45, 2.75) is 90.8 Å². The van der Waals surface area contributed by atoms with Crippen molar-refractivity contribution in [3.8, 4) is 11.1 Å². The number of primary amides is 1. The zero-order valence-electron chi connectivity index (χ0n) is 43.7. The molecule has 3 aromatic carbocycles. The molecule has 0 fully saturated rings. The minimum Gasteiger partial charge on any atom is -0.445 e. The molecule has 1 aliphatic heterocycles. The molecule has 2 heterocycles. The SMILES string of the molecule is C[C@H](NC(=O)OCc1ccccc1)C(=O)N[C@H](C)C(=O)N[C@@H](CC(N)=O)C(=O)N[C@@H](CCN(C(=O)CO)[C@@H](c1cc(-c2cc(F)ccc2F)cn1Cc1ccccc1)C(C)(C)C)C(=O)NCCNC(=O)CN1C(=O)C=CC1=O. The molecular formula is C54H64F2N10O12. The lowest BCUT2D eigenvalue weighted by molar-refractivity contribution is -0.141. The summed E-state index contributed by atoms with van der Waals surface area (Å²) >= 11 is 0. The number of hydrogen-bond donors (Lipinski definition) is 8.